The molecule has 1 aromatic carbocycles. The van der Waals surface area contributed by atoms with Gasteiger partial charge in [0.2, 0.25) is 0 Å². The largest absolute Gasteiger partial charge is 0.335 e. The van der Waals surface area contributed by atoms with Gasteiger partial charge in [-0.15, -0.1) is 0 Å². The number of halogens is 3. The minimum Gasteiger partial charge on any atom is -0.335 e. The molecule has 0 aliphatic carbocycles. The van der Waals surface area contributed by atoms with Gasteiger partial charge in [-0.05, 0) is 31.3 Å². The van der Waals surface area contributed by atoms with E-state index < -0.39 is 0 Å². The van der Waals surface area contributed by atoms with Crippen molar-refractivity contribution in [1.29, 1.82) is 0 Å². The van der Waals surface area contributed by atoms with Crippen molar-refractivity contribution in [3.8, 4) is 5.69 Å². The molecule has 84 valence electrons. The Balaban J connectivity index is 2.74. The number of benzene rings is 1. The monoisotopic (exact) mass is 336 g/mol. The van der Waals surface area contributed by atoms with Crippen LogP contribution >= 0.6 is 51.3 Å². The van der Waals surface area contributed by atoms with Crippen molar-refractivity contribution in [2.45, 2.75) is 6.92 Å². The van der Waals surface area contributed by atoms with E-state index in [4.69, 9.17) is 35.4 Å². The fourth-order valence-electron chi connectivity index (χ4n) is 1.44. The molecule has 0 fully saturated rings. The molecule has 1 heterocycles. The first-order chi connectivity index (χ1) is 7.49. The number of aryl methyl sites for hydroxylation is 1. The van der Waals surface area contributed by atoms with E-state index in [0.29, 0.717) is 20.5 Å². The molecule has 0 saturated carbocycles. The Morgan fingerprint density at radius 1 is 1.31 bits per heavy atom. The molecule has 0 amide bonds. The summed E-state index contributed by atoms with van der Waals surface area (Å²) in [6.07, 6.45) is 1.86. The highest BCUT2D eigenvalue weighted by Crippen LogP contribution is 2.32. The van der Waals surface area contributed by atoms with E-state index in [1.165, 1.54) is 0 Å². The molecule has 2 nitrogen and oxygen atoms in total. The van der Waals surface area contributed by atoms with Gasteiger partial charge in [0, 0.05) is 16.4 Å². The van der Waals surface area contributed by atoms with Crippen molar-refractivity contribution in [2.24, 2.45) is 0 Å². The van der Waals surface area contributed by atoms with Gasteiger partial charge in [-0.25, -0.2) is 0 Å². The van der Waals surface area contributed by atoms with E-state index >= 15 is 0 Å². The van der Waals surface area contributed by atoms with Crippen LogP contribution in [0.4, 0.5) is 0 Å². The van der Waals surface area contributed by atoms with Crippen LogP contribution in [0, 0.1) is 11.7 Å². The highest BCUT2D eigenvalue weighted by Gasteiger charge is 2.11. The zero-order valence-corrected chi connectivity index (χ0v) is 12.1. The summed E-state index contributed by atoms with van der Waals surface area (Å²) < 4.78 is 3.18. The first-order valence-electron chi connectivity index (χ1n) is 4.42. The van der Waals surface area contributed by atoms with Crippen molar-refractivity contribution in [1.82, 2.24) is 9.55 Å². The van der Waals surface area contributed by atoms with Crippen LogP contribution in [0.25, 0.3) is 5.69 Å². The molecule has 1 N–H and O–H groups in total. The molecule has 0 atom stereocenters. The maximum Gasteiger partial charge on any atom is 0.182 e. The topological polar surface area (TPSA) is 20.7 Å². The van der Waals surface area contributed by atoms with Gasteiger partial charge >= 0.3 is 0 Å². The van der Waals surface area contributed by atoms with E-state index in [0.717, 1.165) is 10.2 Å². The number of H-pyrrole nitrogens is 1. The van der Waals surface area contributed by atoms with E-state index in [1.807, 2.05) is 13.1 Å². The molecule has 0 saturated heterocycles. The SMILES string of the molecule is Cc1cn(-c2c(Cl)cc(Br)cc2Cl)c(=S)[nH]1. The zero-order valence-electron chi connectivity index (χ0n) is 8.22. The number of aromatic amines is 1. The standard InChI is InChI=1S/C10H7BrCl2N2S/c1-5-4-15(10(16)14-5)9-7(12)2-6(11)3-8(9)13/h2-4H,1H3,(H,14,16). The molecule has 0 bridgehead atoms. The molecular weight excluding hydrogens is 331 g/mol. The Labute approximate surface area is 116 Å². The molecule has 1 aromatic heterocycles. The van der Waals surface area contributed by atoms with Gasteiger partial charge in [0.1, 0.15) is 0 Å². The Morgan fingerprint density at radius 3 is 2.31 bits per heavy atom. The summed E-state index contributed by atoms with van der Waals surface area (Å²) >= 11 is 20.8. The minimum atomic E-state index is 0.550. The molecule has 0 aliphatic heterocycles. The fourth-order valence-corrected chi connectivity index (χ4v) is 3.14. The van der Waals surface area contributed by atoms with E-state index in [1.54, 1.807) is 16.7 Å². The maximum atomic E-state index is 6.16. The molecule has 16 heavy (non-hydrogen) atoms. The van der Waals surface area contributed by atoms with Crippen LogP contribution in [0.5, 0.6) is 0 Å². The fraction of sp³-hybridized carbons (Fsp3) is 0.100. The normalized spacial score (nSPS) is 10.8. The number of imidazole rings is 1. The van der Waals surface area contributed by atoms with Crippen molar-refractivity contribution in [3.63, 3.8) is 0 Å². The maximum absolute atomic E-state index is 6.16. The average molecular weight is 338 g/mol. The van der Waals surface area contributed by atoms with Crippen LogP contribution in [0.15, 0.2) is 22.8 Å². The van der Waals surface area contributed by atoms with Gasteiger partial charge < -0.3 is 4.98 Å². The zero-order chi connectivity index (χ0) is 11.9. The van der Waals surface area contributed by atoms with Gasteiger partial charge in [0.25, 0.3) is 0 Å². The lowest BCUT2D eigenvalue weighted by Crippen LogP contribution is -1.94. The lowest BCUT2D eigenvalue weighted by Gasteiger charge is -2.08. The van der Waals surface area contributed by atoms with E-state index in [9.17, 15) is 0 Å². The smallest absolute Gasteiger partial charge is 0.182 e. The predicted molar refractivity (Wildman–Crippen MR) is 73.4 cm³/mol. The summed E-state index contributed by atoms with van der Waals surface area (Å²) in [6, 6.07) is 3.57. The van der Waals surface area contributed by atoms with E-state index in [2.05, 4.69) is 20.9 Å². The molecule has 0 unspecified atom stereocenters. The summed E-state index contributed by atoms with van der Waals surface area (Å²) in [5.41, 5.74) is 1.65. The number of nitrogens with one attached hydrogen (secondary N) is 1. The van der Waals surface area contributed by atoms with Crippen molar-refractivity contribution in [2.75, 3.05) is 0 Å². The number of nitrogens with zero attached hydrogens (tertiary/aromatic N) is 1. The minimum absolute atomic E-state index is 0.550. The third kappa shape index (κ3) is 2.20. The van der Waals surface area contributed by atoms with Crippen molar-refractivity contribution >= 4 is 51.3 Å². The average Bonchev–Trinajstić information content (AvgIpc) is 2.43. The first kappa shape index (κ1) is 12.2. The second-order valence-corrected chi connectivity index (χ2v) is 5.45. The molecule has 0 radical (unpaired) electrons. The van der Waals surface area contributed by atoms with Gasteiger partial charge in [0.15, 0.2) is 4.77 Å². The molecule has 2 aromatic rings. The summed E-state index contributed by atoms with van der Waals surface area (Å²) in [5, 5.41) is 1.10. The quantitative estimate of drug-likeness (QED) is 0.733. The van der Waals surface area contributed by atoms with Crippen LogP contribution in [-0.2, 0) is 0 Å². The summed E-state index contributed by atoms with van der Waals surface area (Å²) in [7, 11) is 0. The molecule has 2 rings (SSSR count). The summed E-state index contributed by atoms with van der Waals surface area (Å²) in [4.78, 5) is 3.02. The Bertz CT molecular complexity index is 580. The molecule has 0 aliphatic rings. The highest BCUT2D eigenvalue weighted by molar-refractivity contribution is 9.10. The second kappa shape index (κ2) is 4.53. The van der Waals surface area contributed by atoms with Gasteiger partial charge in [-0.3, -0.25) is 4.57 Å². The third-order valence-corrected chi connectivity index (χ3v) is 3.40. The van der Waals surface area contributed by atoms with Gasteiger partial charge in [0.05, 0.1) is 15.7 Å². The van der Waals surface area contributed by atoms with Crippen LogP contribution in [0.3, 0.4) is 0 Å². The highest BCUT2D eigenvalue weighted by atomic mass is 79.9. The Hall–Kier alpha value is -0.290. The van der Waals surface area contributed by atoms with Crippen LogP contribution in [-0.4, -0.2) is 9.55 Å². The summed E-state index contributed by atoms with van der Waals surface area (Å²) in [6.45, 7) is 1.92. The Morgan fingerprint density at radius 2 is 1.88 bits per heavy atom. The predicted octanol–water partition coefficient (Wildman–Crippen LogP) is 4.91. The van der Waals surface area contributed by atoms with Crippen molar-refractivity contribution in [3.05, 3.63) is 43.3 Å². The number of hydrogen-bond acceptors (Lipinski definition) is 1. The third-order valence-electron chi connectivity index (χ3n) is 2.07. The number of aromatic nitrogens is 2. The lowest BCUT2D eigenvalue weighted by atomic mass is 10.3. The molecule has 0 spiro atoms. The number of hydrogen-bond donors (Lipinski definition) is 1. The number of rotatable bonds is 1. The van der Waals surface area contributed by atoms with Crippen molar-refractivity contribution < 1.29 is 0 Å². The Kier molecular flexibility index (Phi) is 3.45. The molecule has 6 heteroatoms. The second-order valence-electron chi connectivity index (χ2n) is 3.33. The van der Waals surface area contributed by atoms with Gasteiger partial charge in [-0.2, -0.15) is 0 Å². The molecular formula is C10H7BrCl2N2S. The van der Waals surface area contributed by atoms with Crippen LogP contribution in [0.2, 0.25) is 10.0 Å². The first-order valence-corrected chi connectivity index (χ1v) is 6.38. The van der Waals surface area contributed by atoms with E-state index in [-0.39, 0.29) is 0 Å². The van der Waals surface area contributed by atoms with Gasteiger partial charge in [-0.1, -0.05) is 39.1 Å². The van der Waals surface area contributed by atoms with Crippen LogP contribution in [0.1, 0.15) is 5.69 Å². The van der Waals surface area contributed by atoms with Crippen LogP contribution < -0.4 is 0 Å². The lowest BCUT2D eigenvalue weighted by molar-refractivity contribution is 1.03. The summed E-state index contributed by atoms with van der Waals surface area (Å²) in [5.74, 6) is 0.